The third-order valence-electron chi connectivity index (χ3n) is 2.54. The van der Waals surface area contributed by atoms with Gasteiger partial charge in [0, 0.05) is 24.9 Å². The minimum absolute atomic E-state index is 0.00102. The molecule has 0 saturated carbocycles. The molecule has 0 radical (unpaired) electrons. The van der Waals surface area contributed by atoms with Crippen molar-refractivity contribution in [1.82, 2.24) is 20.6 Å². The lowest BCUT2D eigenvalue weighted by atomic mass is 10.0. The molecule has 0 unspecified atom stereocenters. The number of imidazole rings is 1. The number of hydrogen-bond acceptors (Lipinski definition) is 3. The molecule has 5 heteroatoms. The Hall–Kier alpha value is -1.62. The van der Waals surface area contributed by atoms with Crippen molar-refractivity contribution < 1.29 is 4.79 Å². The number of rotatable bonds is 3. The Balaban J connectivity index is 1.87. The van der Waals surface area contributed by atoms with Gasteiger partial charge in [-0.25, -0.2) is 4.98 Å². The van der Waals surface area contributed by atoms with Gasteiger partial charge in [-0.1, -0.05) is 0 Å². The summed E-state index contributed by atoms with van der Waals surface area (Å²) in [4.78, 5) is 18.5. The minimum atomic E-state index is 0.00102. The minimum Gasteiger partial charge on any atom is -0.347 e. The molecule has 1 aromatic rings. The maximum Gasteiger partial charge on any atom is 0.247 e. The standard InChI is InChI=1S/C10H14N4O/c1-7(8-2-11-3-8)10(15)13-5-9-4-12-6-14-9/h4,6,11H,2-3,5H2,1H3,(H,12,14)(H,13,15). The normalized spacial score (nSPS) is 14.6. The van der Waals surface area contributed by atoms with E-state index in [4.69, 9.17) is 0 Å². The van der Waals surface area contributed by atoms with Gasteiger partial charge in [-0.3, -0.25) is 4.79 Å². The molecular weight excluding hydrogens is 192 g/mol. The van der Waals surface area contributed by atoms with Crippen molar-refractivity contribution in [3.8, 4) is 0 Å². The highest BCUT2D eigenvalue weighted by molar-refractivity contribution is 5.93. The number of nitrogens with one attached hydrogen (secondary N) is 3. The molecule has 2 heterocycles. The zero-order chi connectivity index (χ0) is 10.7. The van der Waals surface area contributed by atoms with Crippen LogP contribution >= 0.6 is 0 Å². The van der Waals surface area contributed by atoms with Crippen molar-refractivity contribution in [3.63, 3.8) is 0 Å². The van der Waals surface area contributed by atoms with Gasteiger partial charge < -0.3 is 15.6 Å². The van der Waals surface area contributed by atoms with E-state index in [0.717, 1.165) is 24.4 Å². The predicted octanol–water partition coefficient (Wildman–Crippen LogP) is -0.0544. The molecule has 1 saturated heterocycles. The highest BCUT2D eigenvalue weighted by atomic mass is 16.1. The largest absolute Gasteiger partial charge is 0.347 e. The van der Waals surface area contributed by atoms with Gasteiger partial charge >= 0.3 is 0 Å². The van der Waals surface area contributed by atoms with E-state index >= 15 is 0 Å². The third-order valence-corrected chi connectivity index (χ3v) is 2.54. The van der Waals surface area contributed by atoms with Crippen LogP contribution in [-0.2, 0) is 11.3 Å². The lowest BCUT2D eigenvalue weighted by Gasteiger charge is -2.21. The molecule has 1 aliphatic heterocycles. The van der Waals surface area contributed by atoms with Gasteiger partial charge in [0.15, 0.2) is 0 Å². The van der Waals surface area contributed by atoms with Crippen LogP contribution in [0.25, 0.3) is 0 Å². The highest BCUT2D eigenvalue weighted by Crippen LogP contribution is 2.08. The molecule has 0 aliphatic carbocycles. The summed E-state index contributed by atoms with van der Waals surface area (Å²) >= 11 is 0. The molecule has 0 atom stereocenters. The zero-order valence-electron chi connectivity index (χ0n) is 8.63. The van der Waals surface area contributed by atoms with Crippen LogP contribution in [0.1, 0.15) is 12.6 Å². The molecule has 1 aromatic heterocycles. The monoisotopic (exact) mass is 206 g/mol. The van der Waals surface area contributed by atoms with E-state index in [1.807, 2.05) is 6.92 Å². The van der Waals surface area contributed by atoms with Crippen LogP contribution in [-0.4, -0.2) is 29.0 Å². The molecule has 2 rings (SSSR count). The van der Waals surface area contributed by atoms with Gasteiger partial charge in [0.25, 0.3) is 0 Å². The number of aromatic amines is 1. The van der Waals surface area contributed by atoms with E-state index < -0.39 is 0 Å². The molecule has 3 N–H and O–H groups in total. The summed E-state index contributed by atoms with van der Waals surface area (Å²) < 4.78 is 0. The van der Waals surface area contributed by atoms with Crippen LogP contribution in [0.5, 0.6) is 0 Å². The summed E-state index contributed by atoms with van der Waals surface area (Å²) in [5, 5.41) is 5.95. The van der Waals surface area contributed by atoms with E-state index in [-0.39, 0.29) is 5.91 Å². The second kappa shape index (κ2) is 4.27. The van der Waals surface area contributed by atoms with Crippen molar-refractivity contribution >= 4 is 5.91 Å². The quantitative estimate of drug-likeness (QED) is 0.607. The van der Waals surface area contributed by atoms with Gasteiger partial charge in [-0.05, 0) is 12.5 Å². The summed E-state index contributed by atoms with van der Waals surface area (Å²) in [5.74, 6) is 0.00102. The predicted molar refractivity (Wildman–Crippen MR) is 56.0 cm³/mol. The van der Waals surface area contributed by atoms with E-state index in [1.54, 1.807) is 12.5 Å². The second-order valence-electron chi connectivity index (χ2n) is 3.59. The molecule has 0 bridgehead atoms. The maximum absolute atomic E-state index is 11.6. The Bertz CT molecular complexity index is 374. The Morgan fingerprint density at radius 3 is 2.93 bits per heavy atom. The third kappa shape index (κ3) is 2.24. The summed E-state index contributed by atoms with van der Waals surface area (Å²) in [7, 11) is 0. The molecule has 80 valence electrons. The first-order valence-electron chi connectivity index (χ1n) is 4.92. The molecule has 5 nitrogen and oxygen atoms in total. The summed E-state index contributed by atoms with van der Waals surface area (Å²) in [6.45, 7) is 4.03. The van der Waals surface area contributed by atoms with Crippen LogP contribution < -0.4 is 10.6 Å². The fourth-order valence-electron chi connectivity index (χ4n) is 1.37. The highest BCUT2D eigenvalue weighted by Gasteiger charge is 2.15. The average Bonchev–Trinajstić information content (AvgIpc) is 2.63. The van der Waals surface area contributed by atoms with Crippen molar-refractivity contribution in [2.75, 3.05) is 13.1 Å². The smallest absolute Gasteiger partial charge is 0.247 e. The Morgan fingerprint density at radius 1 is 1.60 bits per heavy atom. The fraction of sp³-hybridized carbons (Fsp3) is 0.400. The van der Waals surface area contributed by atoms with Crippen molar-refractivity contribution in [3.05, 3.63) is 29.4 Å². The van der Waals surface area contributed by atoms with Crippen LogP contribution in [0.3, 0.4) is 0 Å². The fourth-order valence-corrected chi connectivity index (χ4v) is 1.37. The summed E-state index contributed by atoms with van der Waals surface area (Å²) in [5.41, 5.74) is 2.93. The lowest BCUT2D eigenvalue weighted by molar-refractivity contribution is -0.117. The van der Waals surface area contributed by atoms with Crippen LogP contribution in [0.15, 0.2) is 23.7 Å². The van der Waals surface area contributed by atoms with Crippen molar-refractivity contribution in [2.24, 2.45) is 0 Å². The van der Waals surface area contributed by atoms with Crippen molar-refractivity contribution in [1.29, 1.82) is 0 Å². The molecule has 0 aromatic carbocycles. The van der Waals surface area contributed by atoms with Crippen molar-refractivity contribution in [2.45, 2.75) is 13.5 Å². The SMILES string of the molecule is CC(C(=O)NCc1cnc[nH]1)=C1CNC1. The number of hydrogen-bond donors (Lipinski definition) is 3. The number of nitrogens with zero attached hydrogens (tertiary/aromatic N) is 1. The molecular formula is C10H14N4O. The Kier molecular flexibility index (Phi) is 2.82. The van der Waals surface area contributed by atoms with Gasteiger partial charge in [-0.2, -0.15) is 0 Å². The van der Waals surface area contributed by atoms with Crippen LogP contribution in [0, 0.1) is 0 Å². The Labute approximate surface area is 88.0 Å². The maximum atomic E-state index is 11.6. The number of carbonyl (C=O) groups excluding carboxylic acids is 1. The van der Waals surface area contributed by atoms with Gasteiger partial charge in [0.2, 0.25) is 5.91 Å². The Morgan fingerprint density at radius 2 is 2.40 bits per heavy atom. The first-order valence-corrected chi connectivity index (χ1v) is 4.92. The average molecular weight is 206 g/mol. The van der Waals surface area contributed by atoms with E-state index in [1.165, 1.54) is 5.57 Å². The number of amides is 1. The first-order chi connectivity index (χ1) is 7.27. The number of H-pyrrole nitrogens is 1. The molecule has 1 aliphatic rings. The molecule has 1 amide bonds. The number of carbonyl (C=O) groups is 1. The van der Waals surface area contributed by atoms with E-state index in [2.05, 4.69) is 20.6 Å². The zero-order valence-corrected chi connectivity index (χ0v) is 8.63. The summed E-state index contributed by atoms with van der Waals surface area (Å²) in [6.07, 6.45) is 3.30. The number of aromatic nitrogens is 2. The van der Waals surface area contributed by atoms with Crippen LogP contribution in [0.4, 0.5) is 0 Å². The van der Waals surface area contributed by atoms with Gasteiger partial charge in [-0.15, -0.1) is 0 Å². The van der Waals surface area contributed by atoms with Gasteiger partial charge in [0.1, 0.15) is 0 Å². The second-order valence-corrected chi connectivity index (χ2v) is 3.59. The molecule has 0 spiro atoms. The molecule has 1 fully saturated rings. The van der Waals surface area contributed by atoms with E-state index in [9.17, 15) is 4.79 Å². The lowest BCUT2D eigenvalue weighted by Crippen LogP contribution is -2.37. The summed E-state index contributed by atoms with van der Waals surface area (Å²) in [6, 6.07) is 0. The first kappa shape index (κ1) is 9.92. The van der Waals surface area contributed by atoms with E-state index in [0.29, 0.717) is 6.54 Å². The molecule has 15 heavy (non-hydrogen) atoms. The van der Waals surface area contributed by atoms with Crippen LogP contribution in [0.2, 0.25) is 0 Å². The topological polar surface area (TPSA) is 69.8 Å². The van der Waals surface area contributed by atoms with Gasteiger partial charge in [0.05, 0.1) is 18.6 Å².